The summed E-state index contributed by atoms with van der Waals surface area (Å²) >= 11 is 0. The summed E-state index contributed by atoms with van der Waals surface area (Å²) < 4.78 is 19.4. The number of hydrogen-bond acceptors (Lipinski definition) is 2. The van der Waals surface area contributed by atoms with Gasteiger partial charge in [-0.2, -0.15) is 0 Å². The van der Waals surface area contributed by atoms with Crippen molar-refractivity contribution in [2.75, 3.05) is 11.9 Å². The second-order valence-electron chi connectivity index (χ2n) is 5.19. The summed E-state index contributed by atoms with van der Waals surface area (Å²) in [5, 5.41) is 3.19. The Hall–Kier alpha value is -2.03. The SMILES string of the molecule is CC(C)CNc1ccc(OCc2ccccc2)c(F)c1. The number of nitrogens with one attached hydrogen (secondary N) is 1. The second kappa shape index (κ2) is 6.94. The third-order valence-electron chi connectivity index (χ3n) is 2.88. The minimum absolute atomic E-state index is 0.281. The fourth-order valence-corrected chi connectivity index (χ4v) is 1.79. The van der Waals surface area contributed by atoms with E-state index in [1.165, 1.54) is 6.07 Å². The van der Waals surface area contributed by atoms with Crippen LogP contribution < -0.4 is 10.1 Å². The summed E-state index contributed by atoms with van der Waals surface area (Å²) in [4.78, 5) is 0. The molecule has 0 aliphatic heterocycles. The van der Waals surface area contributed by atoms with Crippen molar-refractivity contribution in [1.82, 2.24) is 0 Å². The van der Waals surface area contributed by atoms with E-state index in [1.54, 1.807) is 6.07 Å². The third-order valence-corrected chi connectivity index (χ3v) is 2.88. The summed E-state index contributed by atoms with van der Waals surface area (Å²) in [6.45, 7) is 5.42. The van der Waals surface area contributed by atoms with E-state index in [0.29, 0.717) is 12.5 Å². The van der Waals surface area contributed by atoms with Gasteiger partial charge in [0.15, 0.2) is 11.6 Å². The van der Waals surface area contributed by atoms with Crippen LogP contribution in [0.3, 0.4) is 0 Å². The first-order valence-corrected chi connectivity index (χ1v) is 6.85. The van der Waals surface area contributed by atoms with E-state index in [0.717, 1.165) is 17.8 Å². The Morgan fingerprint density at radius 1 is 1.10 bits per heavy atom. The maximum Gasteiger partial charge on any atom is 0.167 e. The third kappa shape index (κ3) is 4.26. The van der Waals surface area contributed by atoms with Crippen LogP contribution in [0.15, 0.2) is 48.5 Å². The van der Waals surface area contributed by atoms with Crippen molar-refractivity contribution in [3.8, 4) is 5.75 Å². The van der Waals surface area contributed by atoms with E-state index >= 15 is 0 Å². The summed E-state index contributed by atoms with van der Waals surface area (Å²) in [5.41, 5.74) is 1.80. The molecule has 3 heteroatoms. The highest BCUT2D eigenvalue weighted by molar-refractivity contribution is 5.47. The van der Waals surface area contributed by atoms with Gasteiger partial charge in [0.05, 0.1) is 0 Å². The van der Waals surface area contributed by atoms with Gasteiger partial charge < -0.3 is 10.1 Å². The van der Waals surface area contributed by atoms with Gasteiger partial charge in [0.25, 0.3) is 0 Å². The zero-order chi connectivity index (χ0) is 14.4. The molecule has 0 unspecified atom stereocenters. The van der Waals surface area contributed by atoms with Gasteiger partial charge in [-0.25, -0.2) is 4.39 Å². The lowest BCUT2D eigenvalue weighted by Gasteiger charge is -2.11. The van der Waals surface area contributed by atoms with E-state index in [2.05, 4.69) is 19.2 Å². The van der Waals surface area contributed by atoms with Crippen molar-refractivity contribution < 1.29 is 9.13 Å². The lowest BCUT2D eigenvalue weighted by atomic mass is 10.2. The molecule has 20 heavy (non-hydrogen) atoms. The van der Waals surface area contributed by atoms with Crippen LogP contribution >= 0.6 is 0 Å². The normalized spacial score (nSPS) is 10.6. The molecule has 0 spiro atoms. The first kappa shape index (κ1) is 14.4. The Balaban J connectivity index is 1.95. The number of anilines is 1. The van der Waals surface area contributed by atoms with Gasteiger partial charge in [-0.05, 0) is 23.6 Å². The van der Waals surface area contributed by atoms with Crippen molar-refractivity contribution in [2.45, 2.75) is 20.5 Å². The smallest absolute Gasteiger partial charge is 0.167 e. The molecule has 0 heterocycles. The lowest BCUT2D eigenvalue weighted by Crippen LogP contribution is -2.08. The minimum atomic E-state index is -0.338. The largest absolute Gasteiger partial charge is 0.486 e. The van der Waals surface area contributed by atoms with Gasteiger partial charge in [0.2, 0.25) is 0 Å². The van der Waals surface area contributed by atoms with Crippen molar-refractivity contribution in [3.05, 3.63) is 59.9 Å². The predicted molar refractivity (Wildman–Crippen MR) is 80.5 cm³/mol. The van der Waals surface area contributed by atoms with Crippen LogP contribution in [-0.2, 0) is 6.61 Å². The van der Waals surface area contributed by atoms with E-state index < -0.39 is 0 Å². The van der Waals surface area contributed by atoms with Crippen LogP contribution in [0.4, 0.5) is 10.1 Å². The standard InChI is InChI=1S/C17H20FNO/c1-13(2)11-19-15-8-9-17(16(18)10-15)20-12-14-6-4-3-5-7-14/h3-10,13,19H,11-12H2,1-2H3. The van der Waals surface area contributed by atoms with Crippen LogP contribution in [-0.4, -0.2) is 6.54 Å². The van der Waals surface area contributed by atoms with E-state index in [-0.39, 0.29) is 11.6 Å². The zero-order valence-corrected chi connectivity index (χ0v) is 11.9. The highest BCUT2D eigenvalue weighted by Crippen LogP contribution is 2.22. The Morgan fingerprint density at radius 3 is 2.50 bits per heavy atom. The zero-order valence-electron chi connectivity index (χ0n) is 11.9. The molecule has 0 saturated carbocycles. The van der Waals surface area contributed by atoms with Gasteiger partial charge in [0.1, 0.15) is 6.61 Å². The fraction of sp³-hybridized carbons (Fsp3) is 0.294. The lowest BCUT2D eigenvalue weighted by molar-refractivity contribution is 0.290. The molecule has 0 atom stereocenters. The molecule has 0 bridgehead atoms. The molecule has 0 amide bonds. The average Bonchev–Trinajstić information content (AvgIpc) is 2.45. The number of rotatable bonds is 6. The Morgan fingerprint density at radius 2 is 1.85 bits per heavy atom. The number of hydrogen-bond donors (Lipinski definition) is 1. The molecule has 2 nitrogen and oxygen atoms in total. The molecule has 106 valence electrons. The Bertz CT molecular complexity index is 540. The maximum atomic E-state index is 13.9. The van der Waals surface area contributed by atoms with Crippen LogP contribution in [0.25, 0.3) is 0 Å². The number of halogens is 1. The number of ether oxygens (including phenoxy) is 1. The van der Waals surface area contributed by atoms with Crippen LogP contribution in [0.1, 0.15) is 19.4 Å². The molecular formula is C17H20FNO. The molecule has 0 saturated heterocycles. The Labute approximate surface area is 119 Å². The highest BCUT2D eigenvalue weighted by Gasteiger charge is 2.05. The van der Waals surface area contributed by atoms with Gasteiger partial charge in [-0.1, -0.05) is 44.2 Å². The monoisotopic (exact) mass is 273 g/mol. The predicted octanol–water partition coefficient (Wildman–Crippen LogP) is 4.47. The van der Waals surface area contributed by atoms with Crippen LogP contribution in [0.2, 0.25) is 0 Å². The number of benzene rings is 2. The quantitative estimate of drug-likeness (QED) is 0.838. The highest BCUT2D eigenvalue weighted by atomic mass is 19.1. The first-order chi connectivity index (χ1) is 9.65. The van der Waals surface area contributed by atoms with Gasteiger partial charge >= 0.3 is 0 Å². The van der Waals surface area contributed by atoms with Crippen molar-refractivity contribution in [3.63, 3.8) is 0 Å². The summed E-state index contributed by atoms with van der Waals surface area (Å²) in [6, 6.07) is 14.7. The molecule has 2 aromatic rings. The molecule has 2 rings (SSSR count). The molecule has 0 aliphatic rings. The molecule has 0 aromatic heterocycles. The summed E-state index contributed by atoms with van der Waals surface area (Å²) in [5.74, 6) is 0.464. The van der Waals surface area contributed by atoms with Crippen LogP contribution in [0, 0.1) is 11.7 Å². The van der Waals surface area contributed by atoms with Crippen LogP contribution in [0.5, 0.6) is 5.75 Å². The summed E-state index contributed by atoms with van der Waals surface area (Å²) in [7, 11) is 0. The molecule has 0 radical (unpaired) electrons. The molecule has 2 aromatic carbocycles. The molecular weight excluding hydrogens is 253 g/mol. The topological polar surface area (TPSA) is 21.3 Å². The molecule has 0 fully saturated rings. The van der Waals surface area contributed by atoms with E-state index in [4.69, 9.17) is 4.74 Å². The second-order valence-corrected chi connectivity index (χ2v) is 5.19. The first-order valence-electron chi connectivity index (χ1n) is 6.85. The summed E-state index contributed by atoms with van der Waals surface area (Å²) in [6.07, 6.45) is 0. The van der Waals surface area contributed by atoms with Crippen molar-refractivity contribution in [2.24, 2.45) is 5.92 Å². The average molecular weight is 273 g/mol. The molecule has 0 aliphatic carbocycles. The Kier molecular flexibility index (Phi) is 4.99. The van der Waals surface area contributed by atoms with Gasteiger partial charge in [-0.3, -0.25) is 0 Å². The fourth-order valence-electron chi connectivity index (χ4n) is 1.79. The maximum absolute atomic E-state index is 13.9. The molecule has 1 N–H and O–H groups in total. The van der Waals surface area contributed by atoms with Gasteiger partial charge in [-0.15, -0.1) is 0 Å². The van der Waals surface area contributed by atoms with E-state index in [9.17, 15) is 4.39 Å². The minimum Gasteiger partial charge on any atom is -0.486 e. The van der Waals surface area contributed by atoms with Crippen molar-refractivity contribution in [1.29, 1.82) is 0 Å². The van der Waals surface area contributed by atoms with Gasteiger partial charge in [0, 0.05) is 18.3 Å². The van der Waals surface area contributed by atoms with Crippen molar-refractivity contribution >= 4 is 5.69 Å². The van der Waals surface area contributed by atoms with E-state index in [1.807, 2.05) is 36.4 Å².